The van der Waals surface area contributed by atoms with Gasteiger partial charge in [-0.05, 0) is 61.8 Å². The Bertz CT molecular complexity index is 1030. The number of nitrogens with one attached hydrogen (secondary N) is 1. The number of fused-ring (bicyclic) bond motifs is 1. The van der Waals surface area contributed by atoms with E-state index >= 15 is 0 Å². The molecule has 2 aromatic heterocycles. The van der Waals surface area contributed by atoms with Crippen molar-refractivity contribution in [1.82, 2.24) is 14.8 Å². The lowest BCUT2D eigenvalue weighted by atomic mass is 9.88. The predicted octanol–water partition coefficient (Wildman–Crippen LogP) is 4.16. The van der Waals surface area contributed by atoms with Crippen LogP contribution in [0.4, 0.5) is 0 Å². The van der Waals surface area contributed by atoms with Crippen LogP contribution < -0.4 is 0 Å². The predicted molar refractivity (Wildman–Crippen MR) is 114 cm³/mol. The van der Waals surface area contributed by atoms with Crippen molar-refractivity contribution in [2.24, 2.45) is 0 Å². The number of carbonyl (C=O) groups is 2. The summed E-state index contributed by atoms with van der Waals surface area (Å²) in [6.45, 7) is 2.09. The molecule has 1 unspecified atom stereocenters. The van der Waals surface area contributed by atoms with Gasteiger partial charge in [0.1, 0.15) is 6.04 Å². The third-order valence-electron chi connectivity index (χ3n) is 6.65. The number of hydrogen-bond donors (Lipinski definition) is 1. The zero-order valence-corrected chi connectivity index (χ0v) is 17.0. The van der Waals surface area contributed by atoms with E-state index in [1.54, 1.807) is 17.0 Å². The van der Waals surface area contributed by atoms with Gasteiger partial charge >= 0.3 is 0 Å². The summed E-state index contributed by atoms with van der Waals surface area (Å²) < 4.78 is 5.29. The quantitative estimate of drug-likeness (QED) is 0.711. The highest BCUT2D eigenvalue weighted by Gasteiger charge is 2.37. The van der Waals surface area contributed by atoms with Crippen LogP contribution in [0.5, 0.6) is 0 Å². The molecule has 2 saturated heterocycles. The molecular formula is C24H27N3O3. The lowest BCUT2D eigenvalue weighted by Crippen LogP contribution is -2.54. The number of likely N-dealkylation sites (tertiary alicyclic amines) is 2. The third-order valence-corrected chi connectivity index (χ3v) is 6.65. The molecule has 30 heavy (non-hydrogen) atoms. The molecule has 0 aliphatic carbocycles. The fraction of sp³-hybridized carbons (Fsp3) is 0.417. The van der Waals surface area contributed by atoms with E-state index < -0.39 is 0 Å². The number of para-hydroxylation sites is 1. The Hall–Kier alpha value is -3.02. The Morgan fingerprint density at radius 3 is 2.60 bits per heavy atom. The molecule has 6 nitrogen and oxygen atoms in total. The molecule has 1 N–H and O–H groups in total. The fourth-order valence-corrected chi connectivity index (χ4v) is 5.03. The summed E-state index contributed by atoms with van der Waals surface area (Å²) in [5.74, 6) is 0.684. The molecule has 3 aromatic rings. The molecule has 2 amide bonds. The molecule has 1 atom stereocenters. The first-order valence-electron chi connectivity index (χ1n) is 10.9. The molecular weight excluding hydrogens is 378 g/mol. The van der Waals surface area contributed by atoms with E-state index in [2.05, 4.69) is 29.4 Å². The Balaban J connectivity index is 1.27. The van der Waals surface area contributed by atoms with Gasteiger partial charge < -0.3 is 19.2 Å². The van der Waals surface area contributed by atoms with E-state index in [-0.39, 0.29) is 17.9 Å². The van der Waals surface area contributed by atoms with Crippen molar-refractivity contribution < 1.29 is 14.0 Å². The molecule has 0 saturated carbocycles. The van der Waals surface area contributed by atoms with Crippen molar-refractivity contribution >= 4 is 22.7 Å². The monoisotopic (exact) mass is 405 g/mol. The number of furan rings is 1. The molecule has 2 aliphatic heterocycles. The Labute approximate surface area is 175 Å². The average molecular weight is 405 g/mol. The normalized spacial score (nSPS) is 20.6. The van der Waals surface area contributed by atoms with Crippen molar-refractivity contribution in [3.8, 4) is 0 Å². The van der Waals surface area contributed by atoms with Gasteiger partial charge in [-0.25, -0.2) is 0 Å². The maximum Gasteiger partial charge on any atom is 0.290 e. The second kappa shape index (κ2) is 8.01. The van der Waals surface area contributed by atoms with Crippen molar-refractivity contribution in [3.63, 3.8) is 0 Å². The van der Waals surface area contributed by atoms with E-state index in [4.69, 9.17) is 4.42 Å². The number of carbonyl (C=O) groups excluding carboxylic acids is 2. The Kier molecular flexibility index (Phi) is 5.07. The molecule has 156 valence electrons. The van der Waals surface area contributed by atoms with Crippen LogP contribution in [0.2, 0.25) is 0 Å². The molecule has 1 aromatic carbocycles. The highest BCUT2D eigenvalue weighted by atomic mass is 16.3. The first-order valence-corrected chi connectivity index (χ1v) is 10.9. The molecule has 0 bridgehead atoms. The maximum atomic E-state index is 13.3. The van der Waals surface area contributed by atoms with E-state index in [9.17, 15) is 9.59 Å². The number of hydrogen-bond acceptors (Lipinski definition) is 3. The Morgan fingerprint density at radius 1 is 0.967 bits per heavy atom. The van der Waals surface area contributed by atoms with Crippen LogP contribution in [-0.4, -0.2) is 52.3 Å². The third kappa shape index (κ3) is 3.40. The van der Waals surface area contributed by atoms with Gasteiger partial charge in [-0.15, -0.1) is 0 Å². The minimum atomic E-state index is -0.374. The molecule has 6 heteroatoms. The van der Waals surface area contributed by atoms with Gasteiger partial charge in [-0.2, -0.15) is 0 Å². The molecule has 5 rings (SSSR count). The fourth-order valence-electron chi connectivity index (χ4n) is 5.03. The van der Waals surface area contributed by atoms with Crippen LogP contribution >= 0.6 is 0 Å². The summed E-state index contributed by atoms with van der Waals surface area (Å²) in [4.78, 5) is 33.2. The van der Waals surface area contributed by atoms with E-state index in [0.29, 0.717) is 18.2 Å². The van der Waals surface area contributed by atoms with Crippen LogP contribution in [0, 0.1) is 0 Å². The number of piperidine rings is 2. The molecule has 2 fully saturated rings. The van der Waals surface area contributed by atoms with Crippen molar-refractivity contribution in [1.29, 1.82) is 0 Å². The second-order valence-electron chi connectivity index (χ2n) is 8.38. The van der Waals surface area contributed by atoms with Gasteiger partial charge in [0.05, 0.1) is 6.26 Å². The van der Waals surface area contributed by atoms with Gasteiger partial charge in [0.2, 0.25) is 5.91 Å². The average Bonchev–Trinajstić information content (AvgIpc) is 3.49. The standard InChI is InChI=1S/C24H27N3O3/c28-23(21-8-3-4-12-27(21)24(29)22-9-5-15-30-22)26-13-10-17(11-14-26)19-16-25-20-7-2-1-6-18(19)20/h1-2,5-7,9,15-17,21,25H,3-4,8,10-14H2. The van der Waals surface area contributed by atoms with Gasteiger partial charge in [-0.1, -0.05) is 18.2 Å². The van der Waals surface area contributed by atoms with Gasteiger partial charge in [0.15, 0.2) is 5.76 Å². The molecule has 0 spiro atoms. The zero-order chi connectivity index (χ0) is 20.5. The van der Waals surface area contributed by atoms with Crippen molar-refractivity contribution in [3.05, 3.63) is 60.2 Å². The van der Waals surface area contributed by atoms with Gasteiger partial charge in [-0.3, -0.25) is 9.59 Å². The lowest BCUT2D eigenvalue weighted by molar-refractivity contribution is -0.138. The second-order valence-corrected chi connectivity index (χ2v) is 8.38. The number of H-pyrrole nitrogens is 1. The summed E-state index contributed by atoms with van der Waals surface area (Å²) in [5.41, 5.74) is 2.52. The van der Waals surface area contributed by atoms with Crippen LogP contribution in [0.15, 0.2) is 53.3 Å². The largest absolute Gasteiger partial charge is 0.459 e. The number of aromatic nitrogens is 1. The number of nitrogens with zero attached hydrogens (tertiary/aromatic N) is 2. The first-order chi connectivity index (χ1) is 14.7. The Morgan fingerprint density at radius 2 is 1.80 bits per heavy atom. The number of rotatable bonds is 3. The van der Waals surface area contributed by atoms with Crippen LogP contribution in [-0.2, 0) is 4.79 Å². The minimum absolute atomic E-state index is 0.0898. The summed E-state index contributed by atoms with van der Waals surface area (Å²) >= 11 is 0. The van der Waals surface area contributed by atoms with Gasteiger partial charge in [0, 0.05) is 36.7 Å². The molecule has 4 heterocycles. The summed E-state index contributed by atoms with van der Waals surface area (Å²) in [6, 6.07) is 11.4. The van der Waals surface area contributed by atoms with E-state index in [0.717, 1.165) is 45.2 Å². The molecule has 2 aliphatic rings. The number of benzene rings is 1. The SMILES string of the molecule is O=C(C1CCCCN1C(=O)c1ccco1)N1CCC(c2c[nH]c3ccccc23)CC1. The smallest absolute Gasteiger partial charge is 0.290 e. The molecule has 0 radical (unpaired) electrons. The highest BCUT2D eigenvalue weighted by molar-refractivity contribution is 5.95. The van der Waals surface area contributed by atoms with E-state index in [1.807, 2.05) is 11.0 Å². The number of aromatic amines is 1. The van der Waals surface area contributed by atoms with Gasteiger partial charge in [0.25, 0.3) is 5.91 Å². The zero-order valence-electron chi connectivity index (χ0n) is 17.0. The van der Waals surface area contributed by atoms with E-state index in [1.165, 1.54) is 22.7 Å². The topological polar surface area (TPSA) is 69.6 Å². The summed E-state index contributed by atoms with van der Waals surface area (Å²) in [6.07, 6.45) is 8.16. The first kappa shape index (κ1) is 19.0. The minimum Gasteiger partial charge on any atom is -0.459 e. The van der Waals surface area contributed by atoms with Crippen LogP contribution in [0.25, 0.3) is 10.9 Å². The van der Waals surface area contributed by atoms with Crippen molar-refractivity contribution in [2.75, 3.05) is 19.6 Å². The van der Waals surface area contributed by atoms with Crippen LogP contribution in [0.3, 0.4) is 0 Å². The van der Waals surface area contributed by atoms with Crippen LogP contribution in [0.1, 0.15) is 54.1 Å². The summed E-state index contributed by atoms with van der Waals surface area (Å²) in [5, 5.41) is 1.28. The highest BCUT2D eigenvalue weighted by Crippen LogP contribution is 2.34. The summed E-state index contributed by atoms with van der Waals surface area (Å²) in [7, 11) is 0. The number of amides is 2. The maximum absolute atomic E-state index is 13.3. The van der Waals surface area contributed by atoms with Crippen molar-refractivity contribution in [2.45, 2.75) is 44.1 Å². The lowest BCUT2D eigenvalue weighted by Gasteiger charge is -2.39.